The summed E-state index contributed by atoms with van der Waals surface area (Å²) in [6.45, 7) is 2.91. The first-order chi connectivity index (χ1) is 15.4. The van der Waals surface area contributed by atoms with Crippen LogP contribution in [0.3, 0.4) is 0 Å². The van der Waals surface area contributed by atoms with Crippen molar-refractivity contribution >= 4 is 34.8 Å². The van der Waals surface area contributed by atoms with E-state index in [0.29, 0.717) is 41.8 Å². The van der Waals surface area contributed by atoms with Crippen LogP contribution < -0.4 is 19.7 Å². The number of hydrogen-bond acceptors (Lipinski definition) is 5. The topological polar surface area (TPSA) is 71.1 Å². The van der Waals surface area contributed by atoms with Gasteiger partial charge in [-0.05, 0) is 67.5 Å². The lowest BCUT2D eigenvalue weighted by Gasteiger charge is -2.30. The van der Waals surface area contributed by atoms with E-state index < -0.39 is 11.9 Å². The molecule has 1 heterocycles. The number of amides is 2. The Morgan fingerprint density at radius 2 is 1.84 bits per heavy atom. The molecular weight excluding hydrogens is 433 g/mol. The van der Waals surface area contributed by atoms with Crippen LogP contribution in [0.15, 0.2) is 42.5 Å². The first kappa shape index (κ1) is 23.5. The van der Waals surface area contributed by atoms with E-state index in [1.54, 1.807) is 19.1 Å². The van der Waals surface area contributed by atoms with E-state index in [0.717, 1.165) is 10.5 Å². The molecule has 1 aliphatic heterocycles. The van der Waals surface area contributed by atoms with Crippen molar-refractivity contribution in [2.24, 2.45) is 0 Å². The molecule has 1 aliphatic rings. The summed E-state index contributed by atoms with van der Waals surface area (Å²) in [6, 6.07) is 10.2. The molecule has 1 unspecified atom stereocenters. The number of ether oxygens (including phenoxy) is 2. The molecule has 1 fully saturated rings. The maximum atomic E-state index is 13.3. The number of carbonyl (C=O) groups excluding carboxylic acids is 2. The van der Waals surface area contributed by atoms with Gasteiger partial charge in [0.15, 0.2) is 16.6 Å². The van der Waals surface area contributed by atoms with Crippen LogP contribution in [0.2, 0.25) is 0 Å². The number of anilines is 1. The highest BCUT2D eigenvalue weighted by Gasteiger charge is 2.43. The Balaban J connectivity index is 1.81. The third-order valence-electron chi connectivity index (χ3n) is 5.26. The molecule has 1 atom stereocenters. The van der Waals surface area contributed by atoms with Gasteiger partial charge in [-0.25, -0.2) is 9.29 Å². The molecule has 170 valence electrons. The lowest BCUT2D eigenvalue weighted by molar-refractivity contribution is -0.122. The zero-order valence-electron chi connectivity index (χ0n) is 18.3. The Labute approximate surface area is 192 Å². The minimum absolute atomic E-state index is 0.00627. The van der Waals surface area contributed by atoms with Crippen LogP contribution >= 0.6 is 12.2 Å². The highest BCUT2D eigenvalue weighted by atomic mass is 32.1. The average molecular weight is 460 g/mol. The highest BCUT2D eigenvalue weighted by molar-refractivity contribution is 7.80. The van der Waals surface area contributed by atoms with Crippen LogP contribution in [0.25, 0.3) is 0 Å². The number of carbonyl (C=O) groups is 2. The molecule has 32 heavy (non-hydrogen) atoms. The van der Waals surface area contributed by atoms with Crippen molar-refractivity contribution < 1.29 is 23.5 Å². The predicted molar refractivity (Wildman–Crippen MR) is 124 cm³/mol. The van der Waals surface area contributed by atoms with E-state index in [1.165, 1.54) is 24.3 Å². The van der Waals surface area contributed by atoms with E-state index in [4.69, 9.17) is 21.7 Å². The lowest BCUT2D eigenvalue weighted by atomic mass is 10.1. The molecule has 1 saturated heterocycles. The van der Waals surface area contributed by atoms with E-state index in [1.807, 2.05) is 25.1 Å². The zero-order valence-corrected chi connectivity index (χ0v) is 19.1. The van der Waals surface area contributed by atoms with Gasteiger partial charge in [-0.1, -0.05) is 6.07 Å². The number of nitrogens with one attached hydrogen (secondary N) is 1. The molecule has 0 bridgehead atoms. The fraction of sp³-hybridized carbons (Fsp3) is 0.348. The van der Waals surface area contributed by atoms with E-state index in [-0.39, 0.29) is 18.2 Å². The highest BCUT2D eigenvalue weighted by Crippen LogP contribution is 2.29. The summed E-state index contributed by atoms with van der Waals surface area (Å²) in [6.07, 6.45) is 0.564. The Morgan fingerprint density at radius 3 is 2.47 bits per heavy atom. The number of imide groups is 1. The number of benzene rings is 2. The van der Waals surface area contributed by atoms with Crippen molar-refractivity contribution in [3.8, 4) is 11.5 Å². The SMILES string of the molecule is CCNC(=S)N(CCc1ccc(OC)c(OC)c1)C1CC(=O)N(c2ccc(F)cc2)C1=O. The van der Waals surface area contributed by atoms with Crippen molar-refractivity contribution in [2.45, 2.75) is 25.8 Å². The quantitative estimate of drug-likeness (QED) is 0.481. The van der Waals surface area contributed by atoms with Crippen LogP contribution in [-0.2, 0) is 16.0 Å². The summed E-state index contributed by atoms with van der Waals surface area (Å²) in [4.78, 5) is 28.7. The maximum Gasteiger partial charge on any atom is 0.257 e. The van der Waals surface area contributed by atoms with Crippen LogP contribution in [0.4, 0.5) is 10.1 Å². The van der Waals surface area contributed by atoms with E-state index in [2.05, 4.69) is 5.32 Å². The van der Waals surface area contributed by atoms with Crippen molar-refractivity contribution in [2.75, 3.05) is 32.2 Å². The average Bonchev–Trinajstić information content (AvgIpc) is 3.08. The van der Waals surface area contributed by atoms with Gasteiger partial charge >= 0.3 is 0 Å². The van der Waals surface area contributed by atoms with Gasteiger partial charge in [-0.3, -0.25) is 9.59 Å². The second-order valence-electron chi connectivity index (χ2n) is 7.23. The largest absolute Gasteiger partial charge is 0.493 e. The van der Waals surface area contributed by atoms with Crippen molar-refractivity contribution in [3.05, 3.63) is 53.8 Å². The molecule has 2 amide bonds. The van der Waals surface area contributed by atoms with Gasteiger partial charge in [0.1, 0.15) is 11.9 Å². The smallest absolute Gasteiger partial charge is 0.257 e. The second kappa shape index (κ2) is 10.4. The van der Waals surface area contributed by atoms with E-state index in [9.17, 15) is 14.0 Å². The monoisotopic (exact) mass is 459 g/mol. The number of hydrogen-bond donors (Lipinski definition) is 1. The van der Waals surface area contributed by atoms with Gasteiger partial charge < -0.3 is 19.7 Å². The fourth-order valence-electron chi connectivity index (χ4n) is 3.66. The van der Waals surface area contributed by atoms with Crippen LogP contribution in [0, 0.1) is 5.82 Å². The predicted octanol–water partition coefficient (Wildman–Crippen LogP) is 2.91. The first-order valence-corrected chi connectivity index (χ1v) is 10.7. The molecular formula is C23H26FN3O4S. The third-order valence-corrected chi connectivity index (χ3v) is 5.64. The van der Waals surface area contributed by atoms with Crippen molar-refractivity contribution in [1.29, 1.82) is 0 Å². The number of methoxy groups -OCH3 is 2. The van der Waals surface area contributed by atoms with Gasteiger partial charge in [0.25, 0.3) is 5.91 Å². The van der Waals surface area contributed by atoms with Crippen molar-refractivity contribution in [3.63, 3.8) is 0 Å². The summed E-state index contributed by atoms with van der Waals surface area (Å²) in [5.74, 6) is 0.0775. The molecule has 7 nitrogen and oxygen atoms in total. The molecule has 0 spiro atoms. The maximum absolute atomic E-state index is 13.3. The lowest BCUT2D eigenvalue weighted by Crippen LogP contribution is -2.50. The standard InChI is InChI=1S/C23H26FN3O4S/c1-4-25-23(32)26(12-11-15-5-10-19(30-2)20(13-15)31-3)18-14-21(28)27(22(18)29)17-8-6-16(24)7-9-17/h5-10,13,18H,4,11-12,14H2,1-3H3,(H,25,32). The van der Waals surface area contributed by atoms with Crippen LogP contribution in [0.1, 0.15) is 18.9 Å². The van der Waals surface area contributed by atoms with Gasteiger partial charge in [0.05, 0.1) is 26.3 Å². The van der Waals surface area contributed by atoms with Gasteiger partial charge in [-0.15, -0.1) is 0 Å². The molecule has 0 radical (unpaired) electrons. The summed E-state index contributed by atoms with van der Waals surface area (Å²) < 4.78 is 23.9. The first-order valence-electron chi connectivity index (χ1n) is 10.3. The molecule has 2 aromatic rings. The third kappa shape index (κ3) is 4.99. The fourth-order valence-corrected chi connectivity index (χ4v) is 4.02. The molecule has 3 rings (SSSR count). The number of thiocarbonyl (C=S) groups is 1. The van der Waals surface area contributed by atoms with Gasteiger partial charge in [0.2, 0.25) is 5.91 Å². The molecule has 9 heteroatoms. The Morgan fingerprint density at radius 1 is 1.16 bits per heavy atom. The normalized spacial score (nSPS) is 15.6. The van der Waals surface area contributed by atoms with Gasteiger partial charge in [-0.2, -0.15) is 0 Å². The summed E-state index contributed by atoms with van der Waals surface area (Å²) in [5, 5.41) is 3.48. The molecule has 0 saturated carbocycles. The summed E-state index contributed by atoms with van der Waals surface area (Å²) in [7, 11) is 3.14. The Bertz CT molecular complexity index is 999. The Kier molecular flexibility index (Phi) is 7.63. The summed E-state index contributed by atoms with van der Waals surface area (Å²) >= 11 is 5.52. The number of nitrogens with zero attached hydrogens (tertiary/aromatic N) is 2. The minimum Gasteiger partial charge on any atom is -0.493 e. The van der Waals surface area contributed by atoms with Crippen LogP contribution in [0.5, 0.6) is 11.5 Å². The number of halogens is 1. The molecule has 2 aromatic carbocycles. The number of rotatable bonds is 8. The molecule has 0 aliphatic carbocycles. The summed E-state index contributed by atoms with van der Waals surface area (Å²) in [5.41, 5.74) is 1.32. The van der Waals surface area contributed by atoms with Crippen LogP contribution in [-0.4, -0.2) is 55.2 Å². The zero-order chi connectivity index (χ0) is 23.3. The van der Waals surface area contributed by atoms with Crippen molar-refractivity contribution in [1.82, 2.24) is 10.2 Å². The Hall–Kier alpha value is -3.20. The van der Waals surface area contributed by atoms with Gasteiger partial charge in [0, 0.05) is 13.1 Å². The molecule has 0 aromatic heterocycles. The second-order valence-corrected chi connectivity index (χ2v) is 7.62. The van der Waals surface area contributed by atoms with E-state index >= 15 is 0 Å². The minimum atomic E-state index is -0.737. The molecule has 1 N–H and O–H groups in total.